The first-order chi connectivity index (χ1) is 7.50. The van der Waals surface area contributed by atoms with Gasteiger partial charge in [-0.15, -0.1) is 0 Å². The Hall–Kier alpha value is -1.06. The van der Waals surface area contributed by atoms with E-state index in [0.29, 0.717) is 5.92 Å². The van der Waals surface area contributed by atoms with Crippen molar-refractivity contribution in [3.8, 4) is 5.75 Å². The third-order valence-corrected chi connectivity index (χ3v) is 3.38. The molecule has 88 valence electrons. The highest BCUT2D eigenvalue weighted by molar-refractivity contribution is 5.42. The summed E-state index contributed by atoms with van der Waals surface area (Å²) in [7, 11) is 0. The summed E-state index contributed by atoms with van der Waals surface area (Å²) in [5.74, 6) is 0.620. The molecule has 1 aromatic rings. The van der Waals surface area contributed by atoms with Gasteiger partial charge in [0.15, 0.2) is 0 Å². The van der Waals surface area contributed by atoms with Crippen molar-refractivity contribution in [3.05, 3.63) is 28.8 Å². The number of nitrogens with two attached hydrogens (primary N) is 1. The third-order valence-electron chi connectivity index (χ3n) is 3.38. The van der Waals surface area contributed by atoms with Gasteiger partial charge in [-0.3, -0.25) is 0 Å². The monoisotopic (exact) mass is 221 g/mol. The summed E-state index contributed by atoms with van der Waals surface area (Å²) in [6.45, 7) is 3.84. The maximum atomic E-state index is 10.0. The van der Waals surface area contributed by atoms with Crippen LogP contribution in [0, 0.1) is 19.8 Å². The molecule has 3 nitrogen and oxygen atoms in total. The molecule has 2 atom stereocenters. The van der Waals surface area contributed by atoms with E-state index in [0.717, 1.165) is 29.5 Å². The highest BCUT2D eigenvalue weighted by Crippen LogP contribution is 2.38. The van der Waals surface area contributed by atoms with Crippen LogP contribution in [0.1, 0.15) is 35.6 Å². The van der Waals surface area contributed by atoms with Crippen molar-refractivity contribution in [1.29, 1.82) is 0 Å². The van der Waals surface area contributed by atoms with Crippen molar-refractivity contribution < 1.29 is 10.2 Å². The van der Waals surface area contributed by atoms with E-state index >= 15 is 0 Å². The fourth-order valence-electron chi connectivity index (χ4n) is 2.38. The van der Waals surface area contributed by atoms with Gasteiger partial charge in [0.2, 0.25) is 0 Å². The van der Waals surface area contributed by atoms with E-state index in [9.17, 15) is 10.2 Å². The van der Waals surface area contributed by atoms with E-state index in [1.54, 1.807) is 12.1 Å². The Bertz CT molecular complexity index is 376. The van der Waals surface area contributed by atoms with E-state index in [1.165, 1.54) is 0 Å². The number of benzene rings is 1. The van der Waals surface area contributed by atoms with Crippen LogP contribution in [0.5, 0.6) is 5.75 Å². The number of aromatic hydroxyl groups is 1. The molecule has 0 radical (unpaired) electrons. The van der Waals surface area contributed by atoms with Gasteiger partial charge in [0.05, 0.1) is 12.1 Å². The van der Waals surface area contributed by atoms with Gasteiger partial charge in [0.25, 0.3) is 0 Å². The van der Waals surface area contributed by atoms with Crippen LogP contribution < -0.4 is 5.73 Å². The average Bonchev–Trinajstić information content (AvgIpc) is 2.97. The molecular formula is C13H19NO2. The molecule has 1 aliphatic carbocycles. The molecular weight excluding hydrogens is 202 g/mol. The van der Waals surface area contributed by atoms with Crippen LogP contribution in [0.4, 0.5) is 0 Å². The van der Waals surface area contributed by atoms with Crippen LogP contribution in [0.2, 0.25) is 0 Å². The number of phenolic OH excluding ortho intramolecular Hbond substituents is 1. The molecule has 1 fully saturated rings. The summed E-state index contributed by atoms with van der Waals surface area (Å²) in [6.07, 6.45) is 1.69. The van der Waals surface area contributed by atoms with Gasteiger partial charge in [-0.25, -0.2) is 0 Å². The van der Waals surface area contributed by atoms with E-state index in [-0.39, 0.29) is 11.8 Å². The largest absolute Gasteiger partial charge is 0.508 e. The maximum Gasteiger partial charge on any atom is 0.116 e. The second-order valence-corrected chi connectivity index (χ2v) is 4.85. The summed E-state index contributed by atoms with van der Waals surface area (Å²) in [4.78, 5) is 0. The fourth-order valence-corrected chi connectivity index (χ4v) is 2.38. The van der Waals surface area contributed by atoms with Gasteiger partial charge in [-0.2, -0.15) is 0 Å². The quantitative estimate of drug-likeness (QED) is 0.729. The predicted molar refractivity (Wildman–Crippen MR) is 63.2 cm³/mol. The molecule has 0 bridgehead atoms. The van der Waals surface area contributed by atoms with Gasteiger partial charge in [-0.1, -0.05) is 0 Å². The van der Waals surface area contributed by atoms with Crippen LogP contribution in [0.15, 0.2) is 12.1 Å². The Balaban J connectivity index is 2.31. The Morgan fingerprint density at radius 2 is 1.75 bits per heavy atom. The van der Waals surface area contributed by atoms with Gasteiger partial charge in [-0.05, 0) is 61.4 Å². The van der Waals surface area contributed by atoms with Gasteiger partial charge in [0, 0.05) is 0 Å². The van der Waals surface area contributed by atoms with Crippen LogP contribution in [0.3, 0.4) is 0 Å². The lowest BCUT2D eigenvalue weighted by molar-refractivity contribution is 0.122. The molecule has 1 aliphatic rings. The molecule has 0 saturated heterocycles. The Kier molecular flexibility index (Phi) is 2.91. The minimum Gasteiger partial charge on any atom is -0.508 e. The number of aliphatic hydroxyl groups is 1. The summed E-state index contributed by atoms with van der Waals surface area (Å²) in [6, 6.07) is 3.05. The topological polar surface area (TPSA) is 66.5 Å². The molecule has 0 aromatic heterocycles. The zero-order valence-corrected chi connectivity index (χ0v) is 9.77. The van der Waals surface area contributed by atoms with E-state index in [1.807, 2.05) is 13.8 Å². The minimum atomic E-state index is -0.457. The predicted octanol–water partition coefficient (Wildman–Crippen LogP) is 1.78. The number of hydrogen-bond acceptors (Lipinski definition) is 3. The Labute approximate surface area is 95.9 Å². The first-order valence-corrected chi connectivity index (χ1v) is 5.74. The highest BCUT2D eigenvalue weighted by Gasteiger charge is 2.35. The Morgan fingerprint density at radius 1 is 1.25 bits per heavy atom. The number of aliphatic hydroxyl groups excluding tert-OH is 1. The van der Waals surface area contributed by atoms with Crippen LogP contribution in [-0.2, 0) is 0 Å². The zero-order chi connectivity index (χ0) is 11.9. The Morgan fingerprint density at radius 3 is 2.19 bits per heavy atom. The lowest BCUT2D eigenvalue weighted by atomic mass is 9.91. The number of aryl methyl sites for hydroxylation is 2. The molecule has 0 aliphatic heterocycles. The first kappa shape index (κ1) is 11.4. The van der Waals surface area contributed by atoms with Crippen LogP contribution in [0.25, 0.3) is 0 Å². The number of rotatable bonds is 3. The molecule has 0 unspecified atom stereocenters. The van der Waals surface area contributed by atoms with Crippen molar-refractivity contribution >= 4 is 0 Å². The maximum absolute atomic E-state index is 10.0. The van der Waals surface area contributed by atoms with Gasteiger partial charge < -0.3 is 15.9 Å². The molecule has 3 heteroatoms. The third kappa shape index (κ3) is 2.06. The molecule has 4 N–H and O–H groups in total. The summed E-state index contributed by atoms with van der Waals surface area (Å²) in [5, 5.41) is 19.5. The van der Waals surface area contributed by atoms with E-state index < -0.39 is 6.10 Å². The molecule has 1 saturated carbocycles. The second-order valence-electron chi connectivity index (χ2n) is 4.85. The van der Waals surface area contributed by atoms with E-state index in [2.05, 4.69) is 0 Å². The second kappa shape index (κ2) is 4.07. The van der Waals surface area contributed by atoms with Crippen molar-refractivity contribution in [2.24, 2.45) is 11.7 Å². The van der Waals surface area contributed by atoms with Crippen molar-refractivity contribution in [3.63, 3.8) is 0 Å². The fraction of sp³-hybridized carbons (Fsp3) is 0.538. The van der Waals surface area contributed by atoms with Crippen molar-refractivity contribution in [2.75, 3.05) is 0 Å². The summed E-state index contributed by atoms with van der Waals surface area (Å²) < 4.78 is 0. The standard InChI is InChI=1S/C13H19NO2/c1-7-5-10(15)6-8(2)11(7)12(14)13(16)9-3-4-9/h5-6,9,12-13,15-16H,3-4,14H2,1-2H3/t12-,13+/m1/s1. The van der Waals surface area contributed by atoms with Crippen molar-refractivity contribution in [1.82, 2.24) is 0 Å². The van der Waals surface area contributed by atoms with E-state index in [4.69, 9.17) is 5.73 Å². The molecule has 0 heterocycles. The lowest BCUT2D eigenvalue weighted by Gasteiger charge is -2.22. The van der Waals surface area contributed by atoms with Gasteiger partial charge in [0.1, 0.15) is 5.75 Å². The zero-order valence-electron chi connectivity index (χ0n) is 9.77. The van der Waals surface area contributed by atoms with Crippen LogP contribution in [-0.4, -0.2) is 16.3 Å². The first-order valence-electron chi connectivity index (χ1n) is 5.74. The molecule has 1 aromatic carbocycles. The summed E-state index contributed by atoms with van der Waals surface area (Å²) in [5.41, 5.74) is 8.97. The number of hydrogen-bond donors (Lipinski definition) is 3. The minimum absolute atomic E-state index is 0.256. The van der Waals surface area contributed by atoms with Gasteiger partial charge >= 0.3 is 0 Å². The smallest absolute Gasteiger partial charge is 0.116 e. The average molecular weight is 221 g/mol. The van der Waals surface area contributed by atoms with Crippen molar-refractivity contribution in [2.45, 2.75) is 38.8 Å². The normalized spacial score (nSPS) is 19.5. The molecule has 2 rings (SSSR count). The SMILES string of the molecule is Cc1cc(O)cc(C)c1[C@@H](N)[C@@H](O)C1CC1. The highest BCUT2D eigenvalue weighted by atomic mass is 16.3. The molecule has 0 amide bonds. The summed E-state index contributed by atoms with van der Waals surface area (Å²) >= 11 is 0. The van der Waals surface area contributed by atoms with Crippen LogP contribution >= 0.6 is 0 Å². The lowest BCUT2D eigenvalue weighted by Crippen LogP contribution is -2.29. The molecule has 16 heavy (non-hydrogen) atoms. The number of phenols is 1. The molecule has 0 spiro atoms.